The molecule has 108 valence electrons. The van der Waals surface area contributed by atoms with E-state index in [1.54, 1.807) is 0 Å². The normalized spacial score (nSPS) is 25.2. The summed E-state index contributed by atoms with van der Waals surface area (Å²) in [7, 11) is 0. The lowest BCUT2D eigenvalue weighted by atomic mass is 10.0. The molecule has 0 saturated carbocycles. The lowest BCUT2D eigenvalue weighted by Gasteiger charge is -2.21. The van der Waals surface area contributed by atoms with Crippen molar-refractivity contribution in [3.8, 4) is 0 Å². The largest absolute Gasteiger partial charge is 0.340 e. The highest BCUT2D eigenvalue weighted by Crippen LogP contribution is 2.33. The van der Waals surface area contributed by atoms with Gasteiger partial charge in [-0.05, 0) is 23.5 Å². The van der Waals surface area contributed by atoms with Crippen LogP contribution in [0, 0.1) is 11.8 Å². The van der Waals surface area contributed by atoms with Crippen molar-refractivity contribution in [1.29, 1.82) is 0 Å². The third-order valence-electron chi connectivity index (χ3n) is 4.65. The van der Waals surface area contributed by atoms with Crippen LogP contribution in [0.4, 0.5) is 5.95 Å². The van der Waals surface area contributed by atoms with Crippen LogP contribution < -0.4 is 4.90 Å². The average molecular weight is 280 g/mol. The summed E-state index contributed by atoms with van der Waals surface area (Å²) in [6.07, 6.45) is 3.66. The molecule has 4 nitrogen and oxygen atoms in total. The molecule has 0 bridgehead atoms. The first-order valence-electron chi connectivity index (χ1n) is 7.67. The Bertz CT molecular complexity index is 572. The van der Waals surface area contributed by atoms with E-state index in [2.05, 4.69) is 50.1 Å². The van der Waals surface area contributed by atoms with Crippen molar-refractivity contribution in [2.45, 2.75) is 6.54 Å². The van der Waals surface area contributed by atoms with Gasteiger partial charge in [0.1, 0.15) is 0 Å². The highest BCUT2D eigenvalue weighted by atomic mass is 15.3. The highest BCUT2D eigenvalue weighted by molar-refractivity contribution is 5.32. The van der Waals surface area contributed by atoms with Crippen LogP contribution in [0.5, 0.6) is 0 Å². The van der Waals surface area contributed by atoms with E-state index in [1.807, 2.05) is 18.5 Å². The molecule has 0 N–H and O–H groups in total. The van der Waals surface area contributed by atoms with E-state index >= 15 is 0 Å². The second kappa shape index (κ2) is 5.45. The van der Waals surface area contributed by atoms with E-state index in [0.717, 1.165) is 37.4 Å². The number of anilines is 1. The highest BCUT2D eigenvalue weighted by Gasteiger charge is 2.40. The number of likely N-dealkylation sites (tertiary alicyclic amines) is 1. The molecule has 21 heavy (non-hydrogen) atoms. The van der Waals surface area contributed by atoms with Crippen LogP contribution >= 0.6 is 0 Å². The van der Waals surface area contributed by atoms with Crippen molar-refractivity contribution in [2.75, 3.05) is 31.1 Å². The van der Waals surface area contributed by atoms with Crippen LogP contribution in [-0.2, 0) is 6.54 Å². The van der Waals surface area contributed by atoms with E-state index < -0.39 is 0 Å². The zero-order valence-electron chi connectivity index (χ0n) is 12.1. The van der Waals surface area contributed by atoms with Crippen molar-refractivity contribution in [3.63, 3.8) is 0 Å². The molecule has 4 heteroatoms. The van der Waals surface area contributed by atoms with Crippen LogP contribution in [0.25, 0.3) is 0 Å². The molecule has 3 heterocycles. The molecule has 2 fully saturated rings. The fourth-order valence-corrected chi connectivity index (χ4v) is 3.68. The van der Waals surface area contributed by atoms with Gasteiger partial charge in [-0.15, -0.1) is 0 Å². The molecule has 2 aromatic rings. The first kappa shape index (κ1) is 12.8. The molecule has 0 aliphatic carbocycles. The smallest absolute Gasteiger partial charge is 0.225 e. The number of hydrogen-bond donors (Lipinski definition) is 0. The number of hydrogen-bond acceptors (Lipinski definition) is 4. The maximum atomic E-state index is 4.38. The summed E-state index contributed by atoms with van der Waals surface area (Å²) in [5.74, 6) is 2.41. The minimum atomic E-state index is 0.762. The van der Waals surface area contributed by atoms with E-state index in [1.165, 1.54) is 18.7 Å². The summed E-state index contributed by atoms with van der Waals surface area (Å²) in [4.78, 5) is 13.7. The van der Waals surface area contributed by atoms with Gasteiger partial charge in [-0.2, -0.15) is 0 Å². The van der Waals surface area contributed by atoms with Gasteiger partial charge in [0.25, 0.3) is 0 Å². The molecule has 4 rings (SSSR count). The summed E-state index contributed by atoms with van der Waals surface area (Å²) in [6, 6.07) is 12.7. The van der Waals surface area contributed by atoms with Crippen molar-refractivity contribution >= 4 is 5.95 Å². The number of benzene rings is 1. The molecule has 1 aromatic carbocycles. The van der Waals surface area contributed by atoms with E-state index in [4.69, 9.17) is 0 Å². The number of aromatic nitrogens is 2. The number of nitrogens with zero attached hydrogens (tertiary/aromatic N) is 4. The third kappa shape index (κ3) is 2.63. The second-order valence-corrected chi connectivity index (χ2v) is 6.15. The Labute approximate surface area is 125 Å². The second-order valence-electron chi connectivity index (χ2n) is 6.15. The Balaban J connectivity index is 1.37. The standard InChI is InChI=1S/C17H20N4/c1-2-5-14(6-3-1)9-20-10-15-12-21(13-16(15)11-20)17-18-7-4-8-19-17/h1-8,15-16H,9-13H2/t15-,16-/m1/s1. The van der Waals surface area contributed by atoms with Crippen molar-refractivity contribution in [1.82, 2.24) is 14.9 Å². The molecule has 0 unspecified atom stereocenters. The minimum Gasteiger partial charge on any atom is -0.340 e. The first-order valence-corrected chi connectivity index (χ1v) is 7.67. The molecule has 2 aliphatic rings. The lowest BCUT2D eigenvalue weighted by molar-refractivity contribution is 0.308. The molecule has 0 amide bonds. The molecule has 2 atom stereocenters. The van der Waals surface area contributed by atoms with Crippen molar-refractivity contribution < 1.29 is 0 Å². The van der Waals surface area contributed by atoms with Gasteiger partial charge >= 0.3 is 0 Å². The average Bonchev–Trinajstić information content (AvgIpc) is 3.07. The monoisotopic (exact) mass is 280 g/mol. The first-order chi connectivity index (χ1) is 10.4. The van der Waals surface area contributed by atoms with Crippen LogP contribution in [0.1, 0.15) is 5.56 Å². The van der Waals surface area contributed by atoms with Gasteiger partial charge in [0.05, 0.1) is 0 Å². The van der Waals surface area contributed by atoms with Gasteiger partial charge in [-0.3, -0.25) is 4.90 Å². The predicted molar refractivity (Wildman–Crippen MR) is 82.9 cm³/mol. The lowest BCUT2D eigenvalue weighted by Crippen LogP contribution is -2.29. The van der Waals surface area contributed by atoms with Gasteiger partial charge < -0.3 is 4.90 Å². The van der Waals surface area contributed by atoms with Crippen LogP contribution in [0.15, 0.2) is 48.8 Å². The number of fused-ring (bicyclic) bond motifs is 1. The maximum Gasteiger partial charge on any atom is 0.225 e. The van der Waals surface area contributed by atoms with Crippen LogP contribution in [-0.4, -0.2) is 41.0 Å². The van der Waals surface area contributed by atoms with Crippen molar-refractivity contribution in [3.05, 3.63) is 54.4 Å². The molecule has 0 spiro atoms. The van der Waals surface area contributed by atoms with Crippen LogP contribution in [0.2, 0.25) is 0 Å². The van der Waals surface area contributed by atoms with Gasteiger partial charge in [0.2, 0.25) is 5.95 Å². The molecular formula is C17H20N4. The number of rotatable bonds is 3. The molecule has 2 saturated heterocycles. The SMILES string of the molecule is c1ccc(CN2C[C@@H]3CN(c4ncccn4)C[C@H]3C2)cc1. The quantitative estimate of drug-likeness (QED) is 0.861. The summed E-state index contributed by atoms with van der Waals surface area (Å²) in [6.45, 7) is 5.67. The van der Waals surface area contributed by atoms with E-state index in [9.17, 15) is 0 Å². The Morgan fingerprint density at radius 3 is 2.19 bits per heavy atom. The van der Waals surface area contributed by atoms with Crippen LogP contribution in [0.3, 0.4) is 0 Å². The van der Waals surface area contributed by atoms with E-state index in [0.29, 0.717) is 0 Å². The summed E-state index contributed by atoms with van der Waals surface area (Å²) in [5.41, 5.74) is 1.42. The maximum absolute atomic E-state index is 4.38. The summed E-state index contributed by atoms with van der Waals surface area (Å²) in [5, 5.41) is 0. The molecule has 2 aliphatic heterocycles. The Morgan fingerprint density at radius 2 is 1.52 bits per heavy atom. The van der Waals surface area contributed by atoms with Gasteiger partial charge in [-0.1, -0.05) is 30.3 Å². The summed E-state index contributed by atoms with van der Waals surface area (Å²) < 4.78 is 0. The Kier molecular flexibility index (Phi) is 3.31. The van der Waals surface area contributed by atoms with Gasteiger partial charge in [0, 0.05) is 45.1 Å². The third-order valence-corrected chi connectivity index (χ3v) is 4.65. The van der Waals surface area contributed by atoms with E-state index in [-0.39, 0.29) is 0 Å². The zero-order chi connectivity index (χ0) is 14.1. The minimum absolute atomic E-state index is 0.762. The molecule has 1 aromatic heterocycles. The zero-order valence-corrected chi connectivity index (χ0v) is 12.1. The Hall–Kier alpha value is -1.94. The van der Waals surface area contributed by atoms with Gasteiger partial charge in [0.15, 0.2) is 0 Å². The molecule has 0 radical (unpaired) electrons. The van der Waals surface area contributed by atoms with Gasteiger partial charge in [-0.25, -0.2) is 9.97 Å². The topological polar surface area (TPSA) is 32.3 Å². The predicted octanol–water partition coefficient (Wildman–Crippen LogP) is 2.04. The summed E-state index contributed by atoms with van der Waals surface area (Å²) >= 11 is 0. The van der Waals surface area contributed by atoms with Crippen molar-refractivity contribution in [2.24, 2.45) is 11.8 Å². The fourth-order valence-electron chi connectivity index (χ4n) is 3.68. The fraction of sp³-hybridized carbons (Fsp3) is 0.412. The molecular weight excluding hydrogens is 260 g/mol. The Morgan fingerprint density at radius 1 is 0.857 bits per heavy atom.